The summed E-state index contributed by atoms with van der Waals surface area (Å²) in [7, 11) is 1.41. The number of carbonyl (C=O) groups excluding carboxylic acids is 5. The first-order valence-corrected chi connectivity index (χ1v) is 21.9. The van der Waals surface area contributed by atoms with Crippen molar-refractivity contribution < 1.29 is 33.4 Å². The van der Waals surface area contributed by atoms with E-state index in [9.17, 15) is 24.0 Å². The van der Waals surface area contributed by atoms with E-state index in [1.165, 1.54) is 30.6 Å². The van der Waals surface area contributed by atoms with Crippen LogP contribution >= 0.6 is 0 Å². The Hall–Kier alpha value is -6.94. The van der Waals surface area contributed by atoms with Gasteiger partial charge in [0.15, 0.2) is 5.82 Å². The predicted molar refractivity (Wildman–Crippen MR) is 249 cm³/mol. The molecule has 4 bridgehead atoms. The predicted octanol–water partition coefficient (Wildman–Crippen LogP) is 2.21. The van der Waals surface area contributed by atoms with Gasteiger partial charge >= 0.3 is 0 Å². The van der Waals surface area contributed by atoms with Crippen LogP contribution in [0.3, 0.4) is 0 Å². The van der Waals surface area contributed by atoms with Crippen LogP contribution in [-0.2, 0) is 32.0 Å². The van der Waals surface area contributed by atoms with E-state index in [2.05, 4.69) is 52.0 Å². The number of hydrogen-bond donors (Lipinski definition) is 7. The van der Waals surface area contributed by atoms with Crippen molar-refractivity contribution in [1.82, 2.24) is 36.1 Å². The topological polar surface area (TPSA) is 283 Å². The van der Waals surface area contributed by atoms with Crippen LogP contribution < -0.4 is 47.9 Å². The van der Waals surface area contributed by atoms with Gasteiger partial charge in [0.2, 0.25) is 23.6 Å². The second kappa shape index (κ2) is 22.8. The van der Waals surface area contributed by atoms with Gasteiger partial charge in [-0.1, -0.05) is 57.2 Å². The average molecular weight is 904 g/mol. The molecular formula is C48H61N11O7. The first kappa shape index (κ1) is 50.1. The fraction of sp³-hybridized carbons (Fsp3) is 0.417. The van der Waals surface area contributed by atoms with Crippen LogP contribution in [0.4, 0.5) is 0 Å². The van der Waals surface area contributed by atoms with Gasteiger partial charge in [-0.25, -0.2) is 9.97 Å². The second-order valence-corrected chi connectivity index (χ2v) is 17.3. The van der Waals surface area contributed by atoms with Gasteiger partial charge in [0, 0.05) is 49.4 Å². The van der Waals surface area contributed by atoms with Crippen molar-refractivity contribution in [2.75, 3.05) is 46.4 Å². The quantitative estimate of drug-likeness (QED) is 0.0796. The smallest absolute Gasteiger partial charge is 0.255 e. The molecule has 0 aliphatic carbocycles. The van der Waals surface area contributed by atoms with Gasteiger partial charge in [0.1, 0.15) is 55.4 Å². The van der Waals surface area contributed by atoms with Crippen molar-refractivity contribution in [1.29, 1.82) is 5.26 Å². The van der Waals surface area contributed by atoms with E-state index in [0.29, 0.717) is 45.3 Å². The van der Waals surface area contributed by atoms with Gasteiger partial charge in [-0.2, -0.15) is 5.26 Å². The minimum Gasteiger partial charge on any atom is -0.492 e. The summed E-state index contributed by atoms with van der Waals surface area (Å²) in [6.45, 7) is 10.0. The largest absolute Gasteiger partial charge is 0.492 e. The molecule has 1 unspecified atom stereocenters. The number of aryl methyl sites for hydroxylation is 1. The molecule has 0 saturated heterocycles. The number of rotatable bonds is 16. The summed E-state index contributed by atoms with van der Waals surface area (Å²) in [5.74, 6) is -2.16. The molecule has 10 N–H and O–H groups in total. The highest BCUT2D eigenvalue weighted by molar-refractivity contribution is 6.00. The lowest BCUT2D eigenvalue weighted by molar-refractivity contribution is -0.141. The maximum Gasteiger partial charge on any atom is 0.255 e. The maximum absolute atomic E-state index is 14.7. The Bertz CT molecular complexity index is 2430. The van der Waals surface area contributed by atoms with E-state index in [-0.39, 0.29) is 63.2 Å². The number of nitrogens with two attached hydrogens (primary N) is 3. The number of carbonyl (C=O) groups is 5. The summed E-state index contributed by atoms with van der Waals surface area (Å²) in [5.41, 5.74) is 22.2. The molecule has 4 atom stereocenters. The van der Waals surface area contributed by atoms with Gasteiger partial charge in [-0.15, -0.1) is 0 Å². The molecule has 1 aliphatic rings. The molecule has 0 spiro atoms. The third-order valence-corrected chi connectivity index (χ3v) is 10.8. The third kappa shape index (κ3) is 12.9. The zero-order chi connectivity index (χ0) is 48.1. The van der Waals surface area contributed by atoms with Gasteiger partial charge < -0.3 is 52.8 Å². The SMILES string of the molecule is Cc1nc(-c2ccc(CC(C)(C)C)cc2)ncc1C(=O)NC(CCN)C(=O)N(C)[C@@H]1C(=O)N[C@@H](C)C(=O)N[C@H](C(=O)NCC#N)Cc2ccc(OCCN)c(c2)-c2cc1ccc2OCCN. The number of hydrogen-bond acceptors (Lipinski definition) is 13. The van der Waals surface area contributed by atoms with Crippen molar-refractivity contribution in [2.24, 2.45) is 22.6 Å². The lowest BCUT2D eigenvalue weighted by Gasteiger charge is -2.32. The number of nitrogens with one attached hydrogen (secondary N) is 4. The lowest BCUT2D eigenvalue weighted by atomic mass is 9.88. The number of aromatic nitrogens is 2. The van der Waals surface area contributed by atoms with E-state index < -0.39 is 53.7 Å². The summed E-state index contributed by atoms with van der Waals surface area (Å²) < 4.78 is 12.2. The van der Waals surface area contributed by atoms with Crippen molar-refractivity contribution in [3.63, 3.8) is 0 Å². The summed E-state index contributed by atoms with van der Waals surface area (Å²) in [6, 6.07) is 15.0. The van der Waals surface area contributed by atoms with Crippen LogP contribution in [0.15, 0.2) is 66.9 Å². The molecule has 0 fully saturated rings. The first-order chi connectivity index (χ1) is 31.5. The van der Waals surface area contributed by atoms with E-state index in [0.717, 1.165) is 12.0 Å². The zero-order valence-electron chi connectivity index (χ0n) is 38.4. The normalized spacial score (nSPS) is 16.6. The molecule has 1 aromatic heterocycles. The molecule has 0 radical (unpaired) electrons. The Morgan fingerprint density at radius 2 is 1.58 bits per heavy atom. The van der Waals surface area contributed by atoms with Gasteiger partial charge in [-0.3, -0.25) is 24.0 Å². The molecule has 3 aromatic carbocycles. The average Bonchev–Trinajstić information content (AvgIpc) is 3.28. The van der Waals surface area contributed by atoms with Crippen molar-refractivity contribution in [3.8, 4) is 40.1 Å². The number of ether oxygens (including phenoxy) is 2. The van der Waals surface area contributed by atoms with Crippen LogP contribution in [-0.4, -0.2) is 109 Å². The molecule has 18 heteroatoms. The maximum atomic E-state index is 14.7. The molecule has 66 heavy (non-hydrogen) atoms. The lowest BCUT2D eigenvalue weighted by Crippen LogP contribution is -2.56. The second-order valence-electron chi connectivity index (χ2n) is 17.3. The highest BCUT2D eigenvalue weighted by Gasteiger charge is 2.36. The molecule has 18 nitrogen and oxygen atoms in total. The number of amides is 5. The van der Waals surface area contributed by atoms with Gasteiger partial charge in [0.25, 0.3) is 5.91 Å². The minimum atomic E-state index is -1.40. The fourth-order valence-electron chi connectivity index (χ4n) is 7.58. The Kier molecular flexibility index (Phi) is 17.3. The Morgan fingerprint density at radius 3 is 2.18 bits per heavy atom. The fourth-order valence-corrected chi connectivity index (χ4v) is 7.58. The Labute approximate surface area is 385 Å². The Morgan fingerprint density at radius 1 is 0.924 bits per heavy atom. The van der Waals surface area contributed by atoms with Crippen LogP contribution in [0.2, 0.25) is 0 Å². The van der Waals surface area contributed by atoms with E-state index in [1.54, 1.807) is 43.3 Å². The highest BCUT2D eigenvalue weighted by Crippen LogP contribution is 2.40. The van der Waals surface area contributed by atoms with Crippen LogP contribution in [0.25, 0.3) is 22.5 Å². The summed E-state index contributed by atoms with van der Waals surface area (Å²) in [5, 5.41) is 19.9. The van der Waals surface area contributed by atoms with Crippen LogP contribution in [0.1, 0.15) is 72.9 Å². The molecule has 2 heterocycles. The summed E-state index contributed by atoms with van der Waals surface area (Å²) >= 11 is 0. The molecule has 4 aromatic rings. The van der Waals surface area contributed by atoms with Crippen molar-refractivity contribution in [3.05, 3.63) is 94.8 Å². The van der Waals surface area contributed by atoms with E-state index in [1.807, 2.05) is 30.3 Å². The molecule has 5 rings (SSSR count). The third-order valence-electron chi connectivity index (χ3n) is 10.8. The molecule has 0 saturated carbocycles. The summed E-state index contributed by atoms with van der Waals surface area (Å²) in [4.78, 5) is 80.5. The van der Waals surface area contributed by atoms with Gasteiger partial charge in [-0.05, 0) is 79.6 Å². The first-order valence-electron chi connectivity index (χ1n) is 21.9. The van der Waals surface area contributed by atoms with E-state index in [4.69, 9.17) is 31.9 Å². The monoisotopic (exact) mass is 903 g/mol. The van der Waals surface area contributed by atoms with Gasteiger partial charge in [0.05, 0.1) is 17.3 Å². The molecule has 1 aliphatic heterocycles. The minimum absolute atomic E-state index is 0.000575. The zero-order valence-corrected chi connectivity index (χ0v) is 38.4. The van der Waals surface area contributed by atoms with Crippen molar-refractivity contribution >= 4 is 29.5 Å². The van der Waals surface area contributed by atoms with Crippen molar-refractivity contribution in [2.45, 2.75) is 78.0 Å². The number of fused-ring (bicyclic) bond motifs is 5. The highest BCUT2D eigenvalue weighted by atomic mass is 16.5. The number of nitrogens with zero attached hydrogens (tertiary/aromatic N) is 4. The van der Waals surface area contributed by atoms with Crippen LogP contribution in [0.5, 0.6) is 11.5 Å². The number of nitriles is 1. The summed E-state index contributed by atoms with van der Waals surface area (Å²) in [6.07, 6.45) is 2.32. The number of benzene rings is 3. The van der Waals surface area contributed by atoms with Crippen LogP contribution in [0, 0.1) is 23.7 Å². The molecular weight excluding hydrogens is 843 g/mol. The Balaban J connectivity index is 1.54. The standard InChI is InChI=1S/C48H61N11O7/c1-28-36(27-54-42(55-28)32-10-7-30(8-11-32)26-48(3,4)5)44(61)57-37(15-16-49)47(64)59(6)41-33-12-14-40(66-22-19-52)35(25-33)34-23-31(9-13-39(34)65-21-18-51)24-38(45(62)53-20-17-50)58-43(60)29(2)56-46(41)63/h7-14,23,25,27,29,37-38,41H,15-16,18-22,24,26,49,51-52H2,1-6H3,(H,53,62)(H,56,63)(H,57,61)(H,58,60)/t29-,37?,38-,41-/m0/s1. The number of likely N-dealkylation sites (N-methyl/N-ethyl adjacent to an activating group) is 1. The molecule has 5 amide bonds. The van der Waals surface area contributed by atoms with E-state index >= 15 is 0 Å². The molecule has 350 valence electrons.